The number of imide groups is 2. The molecule has 1 saturated heterocycles. The Morgan fingerprint density at radius 1 is 0.966 bits per heavy atom. The lowest BCUT2D eigenvalue weighted by Crippen LogP contribution is -2.51. The van der Waals surface area contributed by atoms with E-state index in [0.29, 0.717) is 24.3 Å². The summed E-state index contributed by atoms with van der Waals surface area (Å²) in [6.45, 7) is 6.50. The largest absolute Gasteiger partial charge is 0.494 e. The Kier molecular flexibility index (Phi) is 6.17. The van der Waals surface area contributed by atoms with E-state index in [2.05, 4.69) is 58.6 Å². The van der Waals surface area contributed by atoms with Crippen molar-refractivity contribution >= 4 is 39.9 Å². The Hall–Kier alpha value is -2.93. The van der Waals surface area contributed by atoms with Crippen LogP contribution in [-0.4, -0.2) is 24.5 Å². The number of amides is 4. The molecule has 1 aliphatic heterocycles. The van der Waals surface area contributed by atoms with Gasteiger partial charge in [-0.15, -0.1) is 0 Å². The number of carbonyl (C=O) groups is 3. The number of nitrogens with one attached hydrogen (secondary N) is 2. The summed E-state index contributed by atoms with van der Waals surface area (Å²) in [5, 5.41) is 4.14. The molecule has 1 heterocycles. The molecule has 0 aliphatic carbocycles. The zero-order chi connectivity index (χ0) is 21.1. The second kappa shape index (κ2) is 8.61. The number of hydrogen-bond acceptors (Lipinski definition) is 4. The van der Waals surface area contributed by atoms with Gasteiger partial charge < -0.3 is 4.74 Å². The Morgan fingerprint density at radius 3 is 2.17 bits per heavy atom. The molecule has 4 amide bonds. The molecule has 0 spiro atoms. The van der Waals surface area contributed by atoms with E-state index in [1.54, 1.807) is 6.07 Å². The quantitative estimate of drug-likeness (QED) is 0.529. The molecule has 7 heteroatoms. The van der Waals surface area contributed by atoms with Gasteiger partial charge in [-0.1, -0.05) is 45.3 Å². The average Bonchev–Trinajstić information content (AvgIpc) is 2.60. The van der Waals surface area contributed by atoms with Crippen molar-refractivity contribution in [3.63, 3.8) is 0 Å². The summed E-state index contributed by atoms with van der Waals surface area (Å²) in [5.41, 5.74) is 5.00. The minimum Gasteiger partial charge on any atom is -0.494 e. The highest BCUT2D eigenvalue weighted by Gasteiger charge is 2.27. The van der Waals surface area contributed by atoms with E-state index in [-0.39, 0.29) is 5.57 Å². The van der Waals surface area contributed by atoms with Crippen LogP contribution in [-0.2, 0) is 16.0 Å². The number of urea groups is 1. The maximum Gasteiger partial charge on any atom is 0.328 e. The van der Waals surface area contributed by atoms with Gasteiger partial charge in [0.15, 0.2) is 0 Å². The molecule has 0 aromatic heterocycles. The van der Waals surface area contributed by atoms with Crippen LogP contribution in [0.4, 0.5) is 4.79 Å². The van der Waals surface area contributed by atoms with Gasteiger partial charge in [0.25, 0.3) is 11.8 Å². The summed E-state index contributed by atoms with van der Waals surface area (Å²) >= 11 is 3.60. The lowest BCUT2D eigenvalue weighted by Gasteiger charge is -2.16. The molecule has 1 fully saturated rings. The molecule has 3 rings (SSSR count). The minimum atomic E-state index is -0.822. The molecule has 0 bridgehead atoms. The summed E-state index contributed by atoms with van der Waals surface area (Å²) in [5.74, 6) is -0.792. The molecule has 29 heavy (non-hydrogen) atoms. The number of halogens is 1. The molecular weight excluding hydrogens is 436 g/mol. The predicted molar refractivity (Wildman–Crippen MR) is 114 cm³/mol. The van der Waals surface area contributed by atoms with Crippen LogP contribution in [0.3, 0.4) is 0 Å². The Balaban J connectivity index is 2.00. The summed E-state index contributed by atoms with van der Waals surface area (Å²) in [6.07, 6.45) is 2.11. The van der Waals surface area contributed by atoms with E-state index in [4.69, 9.17) is 4.74 Å². The van der Waals surface area contributed by atoms with Crippen molar-refractivity contribution in [2.24, 2.45) is 0 Å². The maximum absolute atomic E-state index is 12.0. The molecule has 1 aliphatic rings. The highest BCUT2D eigenvalue weighted by atomic mass is 79.9. The van der Waals surface area contributed by atoms with E-state index in [9.17, 15) is 14.4 Å². The number of barbiturate groups is 1. The van der Waals surface area contributed by atoms with Crippen LogP contribution < -0.4 is 15.4 Å². The summed E-state index contributed by atoms with van der Waals surface area (Å²) in [4.78, 5) is 35.2. The van der Waals surface area contributed by atoms with Crippen molar-refractivity contribution in [2.45, 2.75) is 27.2 Å². The molecule has 150 valence electrons. The molecule has 2 N–H and O–H groups in total. The van der Waals surface area contributed by atoms with Crippen LogP contribution in [0.15, 0.2) is 40.4 Å². The Labute approximate surface area is 177 Å². The van der Waals surface area contributed by atoms with Crippen LogP contribution in [0.2, 0.25) is 0 Å². The van der Waals surface area contributed by atoms with Crippen LogP contribution in [0, 0.1) is 13.8 Å². The topological polar surface area (TPSA) is 84.5 Å². The molecular formula is C22H21BrN2O4. The molecule has 2 aromatic carbocycles. The van der Waals surface area contributed by atoms with Gasteiger partial charge in [0.2, 0.25) is 0 Å². The monoisotopic (exact) mass is 456 g/mol. The normalized spacial score (nSPS) is 13.8. The Morgan fingerprint density at radius 2 is 1.59 bits per heavy atom. The third kappa shape index (κ3) is 4.92. The second-order valence-electron chi connectivity index (χ2n) is 6.88. The molecule has 0 atom stereocenters. The first-order valence-corrected chi connectivity index (χ1v) is 9.97. The van der Waals surface area contributed by atoms with Crippen molar-refractivity contribution in [3.05, 3.63) is 68.2 Å². The van der Waals surface area contributed by atoms with E-state index in [0.717, 1.165) is 10.0 Å². The van der Waals surface area contributed by atoms with Gasteiger partial charge >= 0.3 is 6.03 Å². The maximum atomic E-state index is 12.0. The molecule has 0 saturated carbocycles. The van der Waals surface area contributed by atoms with Gasteiger partial charge in [0, 0.05) is 16.5 Å². The molecule has 6 nitrogen and oxygen atoms in total. The second-order valence-corrected chi connectivity index (χ2v) is 7.73. The van der Waals surface area contributed by atoms with Gasteiger partial charge in [0.05, 0.1) is 6.61 Å². The van der Waals surface area contributed by atoms with Gasteiger partial charge in [-0.25, -0.2) is 4.79 Å². The minimum absolute atomic E-state index is 0.138. The number of carbonyl (C=O) groups excluding carboxylic acids is 3. The first-order valence-electron chi connectivity index (χ1n) is 9.17. The van der Waals surface area contributed by atoms with Crippen LogP contribution >= 0.6 is 15.9 Å². The SMILES string of the molecule is CCOc1cc(C=C2C(=O)NC(=O)NC2=O)cc(Br)c1Cc1cc(C)cc(C)c1. The standard InChI is InChI=1S/C22H21BrN2O4/c1-4-29-19-11-15(9-17-20(26)24-22(28)25-21(17)27)10-18(23)16(19)8-14-6-12(2)5-13(3)7-14/h5-7,9-11H,4,8H2,1-3H3,(H2,24,25,26,27,28). The first-order chi connectivity index (χ1) is 13.8. The molecule has 0 radical (unpaired) electrons. The van der Waals surface area contributed by atoms with E-state index in [1.807, 2.05) is 13.0 Å². The van der Waals surface area contributed by atoms with Crippen LogP contribution in [0.25, 0.3) is 6.08 Å². The van der Waals surface area contributed by atoms with Crippen LogP contribution in [0.5, 0.6) is 5.75 Å². The van der Waals surface area contributed by atoms with Crippen molar-refractivity contribution in [1.29, 1.82) is 0 Å². The van der Waals surface area contributed by atoms with Crippen LogP contribution in [0.1, 0.15) is 34.7 Å². The van der Waals surface area contributed by atoms with E-state index >= 15 is 0 Å². The smallest absolute Gasteiger partial charge is 0.328 e. The number of ether oxygens (including phenoxy) is 1. The first kappa shape index (κ1) is 20.8. The fraction of sp³-hybridized carbons (Fsp3) is 0.227. The van der Waals surface area contributed by atoms with Crippen molar-refractivity contribution in [3.8, 4) is 5.75 Å². The summed E-state index contributed by atoms with van der Waals surface area (Å²) in [7, 11) is 0. The fourth-order valence-corrected chi connectivity index (χ4v) is 3.92. The zero-order valence-corrected chi connectivity index (χ0v) is 18.0. The Bertz CT molecular complexity index is 1000. The van der Waals surface area contributed by atoms with E-state index in [1.165, 1.54) is 22.8 Å². The highest BCUT2D eigenvalue weighted by Crippen LogP contribution is 2.32. The fourth-order valence-electron chi connectivity index (χ4n) is 3.32. The van der Waals surface area contributed by atoms with Gasteiger partial charge in [-0.05, 0) is 50.1 Å². The molecule has 0 unspecified atom stereocenters. The lowest BCUT2D eigenvalue weighted by molar-refractivity contribution is -0.123. The van der Waals surface area contributed by atoms with Crippen molar-refractivity contribution in [2.75, 3.05) is 6.61 Å². The van der Waals surface area contributed by atoms with Crippen molar-refractivity contribution < 1.29 is 19.1 Å². The van der Waals surface area contributed by atoms with Gasteiger partial charge in [-0.2, -0.15) is 0 Å². The van der Waals surface area contributed by atoms with Crippen molar-refractivity contribution in [1.82, 2.24) is 10.6 Å². The summed E-state index contributed by atoms with van der Waals surface area (Å²) < 4.78 is 6.64. The summed E-state index contributed by atoms with van der Waals surface area (Å²) in [6, 6.07) is 9.19. The molecule has 2 aromatic rings. The average molecular weight is 457 g/mol. The predicted octanol–water partition coefficient (Wildman–Crippen LogP) is 3.80. The number of benzene rings is 2. The third-order valence-electron chi connectivity index (χ3n) is 4.39. The zero-order valence-electron chi connectivity index (χ0n) is 16.4. The van der Waals surface area contributed by atoms with E-state index < -0.39 is 17.8 Å². The lowest BCUT2D eigenvalue weighted by atomic mass is 9.98. The number of aryl methyl sites for hydroxylation is 2. The number of rotatable bonds is 5. The van der Waals surface area contributed by atoms with Gasteiger partial charge in [0.1, 0.15) is 11.3 Å². The third-order valence-corrected chi connectivity index (χ3v) is 5.10. The van der Waals surface area contributed by atoms with Gasteiger partial charge in [-0.3, -0.25) is 20.2 Å². The highest BCUT2D eigenvalue weighted by molar-refractivity contribution is 9.10. The number of hydrogen-bond donors (Lipinski definition) is 2.